The van der Waals surface area contributed by atoms with Gasteiger partial charge in [-0.05, 0) is 49.9 Å². The molecule has 1 aromatic rings. The third-order valence-electron chi connectivity index (χ3n) is 4.06. The van der Waals surface area contributed by atoms with Gasteiger partial charge < -0.3 is 5.32 Å². The quantitative estimate of drug-likeness (QED) is 0.784. The van der Waals surface area contributed by atoms with Crippen LogP contribution in [0.15, 0.2) is 12.1 Å². The summed E-state index contributed by atoms with van der Waals surface area (Å²) < 4.78 is 12.4. The Balaban J connectivity index is 2.94. The van der Waals surface area contributed by atoms with E-state index in [-0.39, 0.29) is 6.04 Å². The second-order valence-electron chi connectivity index (χ2n) is 6.21. The maximum absolute atomic E-state index is 12.4. The molecule has 0 heterocycles. The van der Waals surface area contributed by atoms with Gasteiger partial charge in [0.1, 0.15) is 0 Å². The Labute approximate surface area is 133 Å². The van der Waals surface area contributed by atoms with E-state index in [1.807, 2.05) is 0 Å². The Morgan fingerprint density at radius 3 is 2.14 bits per heavy atom. The van der Waals surface area contributed by atoms with Crippen molar-refractivity contribution < 1.29 is 4.21 Å². The fourth-order valence-corrected chi connectivity index (χ4v) is 4.58. The zero-order valence-corrected chi connectivity index (χ0v) is 15.3. The van der Waals surface area contributed by atoms with Gasteiger partial charge in [-0.25, -0.2) is 0 Å². The predicted octanol–water partition coefficient (Wildman–Crippen LogP) is 4.06. The third-order valence-corrected chi connectivity index (χ3v) is 5.70. The van der Waals surface area contributed by atoms with Gasteiger partial charge in [-0.3, -0.25) is 4.21 Å². The molecule has 1 rings (SSSR count). The Kier molecular flexibility index (Phi) is 7.61. The fourth-order valence-electron chi connectivity index (χ4n) is 2.92. The van der Waals surface area contributed by atoms with Crippen molar-refractivity contribution in [2.45, 2.75) is 54.0 Å². The molecule has 0 spiro atoms. The van der Waals surface area contributed by atoms with Crippen LogP contribution in [0.3, 0.4) is 0 Å². The van der Waals surface area contributed by atoms with E-state index in [1.165, 1.54) is 22.3 Å². The van der Waals surface area contributed by atoms with Crippen molar-refractivity contribution in [1.29, 1.82) is 0 Å². The summed E-state index contributed by atoms with van der Waals surface area (Å²) >= 11 is 0. The molecule has 0 aliphatic heterocycles. The number of hydrogen-bond acceptors (Lipinski definition) is 2. The second-order valence-corrected chi connectivity index (χ2v) is 7.76. The van der Waals surface area contributed by atoms with E-state index in [4.69, 9.17) is 0 Å². The lowest BCUT2D eigenvalue weighted by Crippen LogP contribution is -2.29. The lowest BCUT2D eigenvalue weighted by atomic mass is 9.95. The monoisotopic (exact) mass is 309 g/mol. The predicted molar refractivity (Wildman–Crippen MR) is 94.4 cm³/mol. The minimum Gasteiger partial charge on any atom is -0.309 e. The van der Waals surface area contributed by atoms with Gasteiger partial charge in [0.15, 0.2) is 0 Å². The summed E-state index contributed by atoms with van der Waals surface area (Å²) in [6, 6.07) is 4.65. The first kappa shape index (κ1) is 18.4. The van der Waals surface area contributed by atoms with Crippen molar-refractivity contribution in [1.82, 2.24) is 5.32 Å². The molecule has 0 saturated heterocycles. The van der Waals surface area contributed by atoms with E-state index in [0.29, 0.717) is 11.7 Å². The van der Waals surface area contributed by atoms with Gasteiger partial charge in [-0.15, -0.1) is 0 Å². The molecule has 1 aromatic carbocycles. The maximum atomic E-state index is 12.4. The van der Waals surface area contributed by atoms with E-state index < -0.39 is 10.8 Å². The molecule has 3 heteroatoms. The molecule has 120 valence electrons. The zero-order valence-electron chi connectivity index (χ0n) is 14.5. The first-order valence-electron chi connectivity index (χ1n) is 8.05. The summed E-state index contributed by atoms with van der Waals surface area (Å²) in [6.45, 7) is 13.8. The molecule has 0 aliphatic carbocycles. The Hall–Kier alpha value is -0.670. The molecule has 0 amide bonds. The van der Waals surface area contributed by atoms with Crippen LogP contribution in [-0.4, -0.2) is 22.3 Å². The van der Waals surface area contributed by atoms with Crippen molar-refractivity contribution >= 4 is 10.8 Å². The van der Waals surface area contributed by atoms with Crippen LogP contribution in [0.5, 0.6) is 0 Å². The van der Waals surface area contributed by atoms with Gasteiger partial charge in [0.2, 0.25) is 0 Å². The molecule has 0 radical (unpaired) electrons. The van der Waals surface area contributed by atoms with Crippen LogP contribution in [0.2, 0.25) is 0 Å². The number of hydrogen-bond donors (Lipinski definition) is 1. The molecule has 21 heavy (non-hydrogen) atoms. The molecule has 0 aromatic heterocycles. The van der Waals surface area contributed by atoms with Crippen LogP contribution in [0.1, 0.15) is 55.5 Å². The van der Waals surface area contributed by atoms with Crippen molar-refractivity contribution in [3.05, 3.63) is 34.4 Å². The largest absolute Gasteiger partial charge is 0.309 e. The Morgan fingerprint density at radius 1 is 1.10 bits per heavy atom. The Morgan fingerprint density at radius 2 is 1.67 bits per heavy atom. The highest BCUT2D eigenvalue weighted by atomic mass is 32.2. The summed E-state index contributed by atoms with van der Waals surface area (Å²) in [5.74, 6) is 2.05. The lowest BCUT2D eigenvalue weighted by molar-refractivity contribution is 0.579. The van der Waals surface area contributed by atoms with Crippen LogP contribution < -0.4 is 5.32 Å². The molecule has 0 saturated carbocycles. The average molecular weight is 310 g/mol. The van der Waals surface area contributed by atoms with Crippen LogP contribution in [0.25, 0.3) is 0 Å². The average Bonchev–Trinajstić information content (AvgIpc) is 2.37. The van der Waals surface area contributed by atoms with E-state index in [1.54, 1.807) is 0 Å². The summed E-state index contributed by atoms with van der Waals surface area (Å²) in [7, 11) is -0.766. The molecule has 3 unspecified atom stereocenters. The zero-order chi connectivity index (χ0) is 16.0. The number of benzene rings is 1. The molecular weight excluding hydrogens is 278 g/mol. The fraction of sp³-hybridized carbons (Fsp3) is 0.667. The molecule has 2 nitrogen and oxygen atoms in total. The van der Waals surface area contributed by atoms with Gasteiger partial charge in [0.05, 0.1) is 0 Å². The number of rotatable bonds is 8. The summed E-state index contributed by atoms with van der Waals surface area (Å²) in [4.78, 5) is 0. The molecule has 3 atom stereocenters. The molecular formula is C18H31NOS. The smallest absolute Gasteiger partial charge is 0.0442 e. The van der Waals surface area contributed by atoms with Gasteiger partial charge in [0.25, 0.3) is 0 Å². The van der Waals surface area contributed by atoms with Crippen LogP contribution in [0.4, 0.5) is 0 Å². The van der Waals surface area contributed by atoms with Crippen molar-refractivity contribution in [3.8, 4) is 0 Å². The highest BCUT2D eigenvalue weighted by Gasteiger charge is 2.19. The Bertz CT molecular complexity index is 461. The third kappa shape index (κ3) is 5.55. The lowest BCUT2D eigenvalue weighted by Gasteiger charge is -2.23. The first-order valence-corrected chi connectivity index (χ1v) is 9.53. The van der Waals surface area contributed by atoms with Crippen LogP contribution in [0, 0.1) is 26.7 Å². The van der Waals surface area contributed by atoms with Gasteiger partial charge in [-0.1, -0.05) is 44.9 Å². The summed E-state index contributed by atoms with van der Waals surface area (Å²) in [6.07, 6.45) is 1.10. The molecule has 0 bridgehead atoms. The van der Waals surface area contributed by atoms with Crippen molar-refractivity contribution in [3.63, 3.8) is 0 Å². The van der Waals surface area contributed by atoms with Crippen LogP contribution in [-0.2, 0) is 10.8 Å². The minimum absolute atomic E-state index is 0.195. The standard InChI is InChI=1S/C18H31NOS/c1-7-13(3)11-21(20)12-17(19-8-2)18-15(5)9-14(4)10-16(18)6/h9-10,13,17,19H,7-8,11-12H2,1-6H3. The van der Waals surface area contributed by atoms with Crippen molar-refractivity contribution in [2.75, 3.05) is 18.1 Å². The van der Waals surface area contributed by atoms with Crippen LogP contribution >= 0.6 is 0 Å². The SMILES string of the molecule is CCNC(CS(=O)CC(C)CC)c1c(C)cc(C)cc1C. The van der Waals surface area contributed by atoms with E-state index in [2.05, 4.69) is 59.0 Å². The summed E-state index contributed by atoms with van der Waals surface area (Å²) in [5.41, 5.74) is 5.24. The van der Waals surface area contributed by atoms with E-state index in [0.717, 1.165) is 18.7 Å². The molecule has 1 N–H and O–H groups in total. The van der Waals surface area contributed by atoms with E-state index in [9.17, 15) is 4.21 Å². The number of nitrogens with one attached hydrogen (secondary N) is 1. The van der Waals surface area contributed by atoms with Gasteiger partial charge in [-0.2, -0.15) is 0 Å². The minimum atomic E-state index is -0.766. The topological polar surface area (TPSA) is 29.1 Å². The van der Waals surface area contributed by atoms with Gasteiger partial charge in [0, 0.05) is 28.3 Å². The second kappa shape index (κ2) is 8.70. The van der Waals surface area contributed by atoms with Gasteiger partial charge >= 0.3 is 0 Å². The first-order chi connectivity index (χ1) is 9.88. The number of aryl methyl sites for hydroxylation is 3. The molecule has 0 fully saturated rings. The molecule has 0 aliphatic rings. The highest BCUT2D eigenvalue weighted by molar-refractivity contribution is 7.85. The maximum Gasteiger partial charge on any atom is 0.0442 e. The van der Waals surface area contributed by atoms with Crippen molar-refractivity contribution in [2.24, 2.45) is 5.92 Å². The highest BCUT2D eigenvalue weighted by Crippen LogP contribution is 2.25. The van der Waals surface area contributed by atoms with E-state index >= 15 is 0 Å². The normalized spacial score (nSPS) is 15.7. The summed E-state index contributed by atoms with van der Waals surface area (Å²) in [5, 5.41) is 3.53.